The Morgan fingerprint density at radius 2 is 2.20 bits per heavy atom. The van der Waals surface area contributed by atoms with Crippen LogP contribution in [0, 0.1) is 5.92 Å². The van der Waals surface area contributed by atoms with Crippen LogP contribution in [0.4, 0.5) is 5.13 Å². The molecule has 0 aromatic carbocycles. The van der Waals surface area contributed by atoms with E-state index < -0.39 is 0 Å². The van der Waals surface area contributed by atoms with Gasteiger partial charge < -0.3 is 0 Å². The SMILES string of the molecule is O=C(Nc1nnc(SCC2CCCC2)s1)c1c(Cl)nc2ccccn12. The first-order valence-corrected chi connectivity index (χ1v) is 10.3. The van der Waals surface area contributed by atoms with Gasteiger partial charge in [-0.15, -0.1) is 10.2 Å². The first-order chi connectivity index (χ1) is 12.2. The highest BCUT2D eigenvalue weighted by Crippen LogP contribution is 2.33. The van der Waals surface area contributed by atoms with Crippen molar-refractivity contribution < 1.29 is 4.79 Å². The fraction of sp³-hybridized carbons (Fsp3) is 0.375. The van der Waals surface area contributed by atoms with Crippen LogP contribution in [-0.4, -0.2) is 31.2 Å². The Morgan fingerprint density at radius 3 is 3.04 bits per heavy atom. The van der Waals surface area contributed by atoms with Crippen molar-refractivity contribution in [3.05, 3.63) is 35.2 Å². The molecule has 0 unspecified atom stereocenters. The van der Waals surface area contributed by atoms with E-state index in [1.165, 1.54) is 37.0 Å². The molecule has 9 heteroatoms. The first-order valence-electron chi connectivity index (χ1n) is 8.11. The molecule has 0 radical (unpaired) electrons. The van der Waals surface area contributed by atoms with Gasteiger partial charge in [0, 0.05) is 11.9 Å². The molecule has 6 nitrogen and oxygen atoms in total. The monoisotopic (exact) mass is 393 g/mol. The van der Waals surface area contributed by atoms with Crippen molar-refractivity contribution >= 4 is 51.4 Å². The van der Waals surface area contributed by atoms with Crippen molar-refractivity contribution in [3.8, 4) is 0 Å². The fourth-order valence-electron chi connectivity index (χ4n) is 3.01. The third-order valence-electron chi connectivity index (χ3n) is 4.25. The van der Waals surface area contributed by atoms with Crippen LogP contribution >= 0.6 is 34.7 Å². The molecule has 1 saturated carbocycles. The van der Waals surface area contributed by atoms with E-state index >= 15 is 0 Å². The Hall–Kier alpha value is -1.64. The molecular formula is C16H16ClN5OS2. The summed E-state index contributed by atoms with van der Waals surface area (Å²) in [6.07, 6.45) is 7.04. The van der Waals surface area contributed by atoms with Gasteiger partial charge >= 0.3 is 0 Å². The van der Waals surface area contributed by atoms with E-state index in [1.54, 1.807) is 28.4 Å². The molecule has 4 rings (SSSR count). The Morgan fingerprint density at radius 1 is 1.36 bits per heavy atom. The molecule has 0 aliphatic heterocycles. The zero-order valence-corrected chi connectivity index (χ0v) is 15.7. The van der Waals surface area contributed by atoms with Gasteiger partial charge in [-0.05, 0) is 30.9 Å². The molecule has 1 aliphatic carbocycles. The number of carbonyl (C=O) groups excluding carboxylic acids is 1. The summed E-state index contributed by atoms with van der Waals surface area (Å²) in [6, 6.07) is 5.47. The standard InChI is InChI=1S/C16H16ClN5OS2/c17-13-12(22-8-4-3-7-11(22)18-13)14(23)19-15-20-21-16(25-15)24-9-10-5-1-2-6-10/h3-4,7-8,10H,1-2,5-6,9H2,(H,19,20,23). The van der Waals surface area contributed by atoms with E-state index in [0.717, 1.165) is 16.0 Å². The van der Waals surface area contributed by atoms with Gasteiger partial charge in [-0.3, -0.25) is 14.5 Å². The highest BCUT2D eigenvalue weighted by atomic mass is 35.5. The van der Waals surface area contributed by atoms with Gasteiger partial charge in [0.1, 0.15) is 5.65 Å². The number of amides is 1. The smallest absolute Gasteiger partial charge is 0.277 e. The average Bonchev–Trinajstić information content (AvgIpc) is 3.31. The van der Waals surface area contributed by atoms with Crippen LogP contribution in [0.5, 0.6) is 0 Å². The molecule has 0 bridgehead atoms. The molecule has 0 atom stereocenters. The summed E-state index contributed by atoms with van der Waals surface area (Å²) in [7, 11) is 0. The van der Waals surface area contributed by atoms with Crippen LogP contribution in [0.15, 0.2) is 28.7 Å². The molecule has 130 valence electrons. The van der Waals surface area contributed by atoms with Crippen molar-refractivity contribution in [3.63, 3.8) is 0 Å². The number of nitrogens with one attached hydrogen (secondary N) is 1. The Balaban J connectivity index is 1.44. The van der Waals surface area contributed by atoms with E-state index in [2.05, 4.69) is 20.5 Å². The van der Waals surface area contributed by atoms with E-state index in [1.807, 2.05) is 12.1 Å². The lowest BCUT2D eigenvalue weighted by Gasteiger charge is -2.04. The number of rotatable bonds is 5. The topological polar surface area (TPSA) is 72.2 Å². The number of imidazole rings is 1. The molecule has 3 heterocycles. The van der Waals surface area contributed by atoms with Crippen molar-refractivity contribution in [1.82, 2.24) is 19.6 Å². The zero-order valence-electron chi connectivity index (χ0n) is 13.3. The minimum atomic E-state index is -0.341. The van der Waals surface area contributed by atoms with Crippen LogP contribution in [0.1, 0.15) is 36.2 Å². The fourth-order valence-corrected chi connectivity index (χ4v) is 5.23. The molecule has 0 saturated heterocycles. The summed E-state index contributed by atoms with van der Waals surface area (Å²) in [5.41, 5.74) is 0.926. The second kappa shape index (κ2) is 7.31. The third kappa shape index (κ3) is 3.65. The molecular weight excluding hydrogens is 378 g/mol. The van der Waals surface area contributed by atoms with Crippen LogP contribution in [0.2, 0.25) is 5.15 Å². The van der Waals surface area contributed by atoms with Crippen molar-refractivity contribution in [2.24, 2.45) is 5.92 Å². The van der Waals surface area contributed by atoms with Gasteiger partial charge in [-0.25, -0.2) is 4.98 Å². The average molecular weight is 394 g/mol. The molecule has 3 aromatic rings. The van der Waals surface area contributed by atoms with E-state index in [-0.39, 0.29) is 11.1 Å². The number of aromatic nitrogens is 4. The number of hydrogen-bond donors (Lipinski definition) is 1. The van der Waals surface area contributed by atoms with E-state index in [4.69, 9.17) is 11.6 Å². The largest absolute Gasteiger partial charge is 0.295 e. The van der Waals surface area contributed by atoms with Crippen LogP contribution in [-0.2, 0) is 0 Å². The maximum Gasteiger partial charge on any atom is 0.277 e. The van der Waals surface area contributed by atoms with Crippen molar-refractivity contribution in [2.75, 3.05) is 11.1 Å². The number of fused-ring (bicyclic) bond motifs is 1. The Labute approximate surface area is 158 Å². The number of anilines is 1. The van der Waals surface area contributed by atoms with E-state index in [9.17, 15) is 4.79 Å². The second-order valence-corrected chi connectivity index (χ2v) is 8.57. The number of halogens is 1. The summed E-state index contributed by atoms with van der Waals surface area (Å²) in [6.45, 7) is 0. The molecule has 1 amide bonds. The van der Waals surface area contributed by atoms with Gasteiger partial charge in [-0.2, -0.15) is 0 Å². The number of nitrogens with zero attached hydrogens (tertiary/aromatic N) is 4. The summed E-state index contributed by atoms with van der Waals surface area (Å²) in [5.74, 6) is 1.51. The van der Waals surface area contributed by atoms with Crippen LogP contribution in [0.3, 0.4) is 0 Å². The predicted molar refractivity (Wildman–Crippen MR) is 101 cm³/mol. The molecule has 0 spiro atoms. The van der Waals surface area contributed by atoms with Crippen molar-refractivity contribution in [2.45, 2.75) is 30.0 Å². The highest BCUT2D eigenvalue weighted by molar-refractivity contribution is 8.01. The predicted octanol–water partition coefficient (Wildman–Crippen LogP) is 4.37. The number of thioether (sulfide) groups is 1. The van der Waals surface area contributed by atoms with Gasteiger partial charge in [0.05, 0.1) is 0 Å². The quantitative estimate of drug-likeness (QED) is 0.514. The molecule has 1 fully saturated rings. The van der Waals surface area contributed by atoms with Gasteiger partial charge in [0.25, 0.3) is 5.91 Å². The van der Waals surface area contributed by atoms with Gasteiger partial charge in [0.15, 0.2) is 15.2 Å². The van der Waals surface area contributed by atoms with Gasteiger partial charge in [-0.1, -0.05) is 53.6 Å². The number of hydrogen-bond acceptors (Lipinski definition) is 6. The number of carbonyl (C=O) groups is 1. The molecule has 25 heavy (non-hydrogen) atoms. The molecule has 1 aliphatic rings. The lowest BCUT2D eigenvalue weighted by molar-refractivity contribution is 0.102. The lowest BCUT2D eigenvalue weighted by atomic mass is 10.1. The molecule has 3 aromatic heterocycles. The minimum Gasteiger partial charge on any atom is -0.295 e. The minimum absolute atomic E-state index is 0.170. The first kappa shape index (κ1) is 16.8. The molecule has 1 N–H and O–H groups in total. The maximum atomic E-state index is 12.6. The second-order valence-electron chi connectivity index (χ2n) is 5.97. The van der Waals surface area contributed by atoms with E-state index in [0.29, 0.717) is 16.5 Å². The van der Waals surface area contributed by atoms with Gasteiger partial charge in [0.2, 0.25) is 5.13 Å². The zero-order chi connectivity index (χ0) is 17.2. The summed E-state index contributed by atoms with van der Waals surface area (Å²) < 4.78 is 2.54. The van der Waals surface area contributed by atoms with Crippen LogP contribution in [0.25, 0.3) is 5.65 Å². The van der Waals surface area contributed by atoms with Crippen molar-refractivity contribution in [1.29, 1.82) is 0 Å². The summed E-state index contributed by atoms with van der Waals surface area (Å²) in [4.78, 5) is 16.7. The number of pyridine rings is 1. The lowest BCUT2D eigenvalue weighted by Crippen LogP contribution is -2.14. The summed E-state index contributed by atoms with van der Waals surface area (Å²) >= 11 is 9.23. The third-order valence-corrected chi connectivity index (χ3v) is 6.71. The summed E-state index contributed by atoms with van der Waals surface area (Å²) in [5, 5.41) is 11.6. The normalized spacial score (nSPS) is 15.1. The highest BCUT2D eigenvalue weighted by Gasteiger charge is 2.20. The maximum absolute atomic E-state index is 12.6. The van der Waals surface area contributed by atoms with Crippen LogP contribution < -0.4 is 5.32 Å². The Kier molecular flexibility index (Phi) is 4.91. The Bertz CT molecular complexity index is 903.